The zero-order chi connectivity index (χ0) is 11.8. The first-order valence-corrected chi connectivity index (χ1v) is 3.69. The number of alkyl halides is 6. The molecule has 0 amide bonds. The zero-order valence-electron chi connectivity index (χ0n) is 6.33. The van der Waals surface area contributed by atoms with Crippen molar-refractivity contribution in [2.24, 2.45) is 0 Å². The molecule has 14 heavy (non-hydrogen) atoms. The van der Waals surface area contributed by atoms with Gasteiger partial charge in [0.2, 0.25) is 0 Å². The fraction of sp³-hybridized carbons (Fsp3) is 0.333. The lowest BCUT2D eigenvalue weighted by molar-refractivity contribution is -0.0806. The lowest BCUT2D eigenvalue weighted by atomic mass is 10.6. The number of hydrogen-bond acceptors (Lipinski definition) is 0. The number of rotatable bonds is 0. The Hall–Kier alpha value is -0.360. The van der Waals surface area contributed by atoms with Crippen LogP contribution in [-0.2, 0) is 0 Å². The van der Waals surface area contributed by atoms with Gasteiger partial charge in [-0.3, -0.25) is 0 Å². The summed E-state index contributed by atoms with van der Waals surface area (Å²) in [6.07, 6.45) is -8.62. The van der Waals surface area contributed by atoms with Gasteiger partial charge in [-0.15, -0.1) is 0 Å². The number of hydrogen-bond donors (Lipinski definition) is 0. The summed E-state index contributed by atoms with van der Waals surface area (Å²) in [5.41, 5.74) is 0.861. The standard InChI is InChI=1S/2C3H2ClF3/c2*4-2-1-3(5,6)7/h2*1-2H/b2-1+;. The van der Waals surface area contributed by atoms with Crippen LogP contribution in [0.1, 0.15) is 0 Å². The summed E-state index contributed by atoms with van der Waals surface area (Å²) >= 11 is 9.17. The normalized spacial score (nSPS) is 13.1. The van der Waals surface area contributed by atoms with E-state index in [-0.39, 0.29) is 12.2 Å². The molecule has 0 rings (SSSR count). The van der Waals surface area contributed by atoms with E-state index >= 15 is 0 Å². The molecule has 0 aliphatic rings. The van der Waals surface area contributed by atoms with Crippen molar-refractivity contribution in [1.29, 1.82) is 0 Å². The molecule has 0 aromatic heterocycles. The lowest BCUT2D eigenvalue weighted by Crippen LogP contribution is -1.99. The Balaban J connectivity index is 0. The fourth-order valence-electron chi connectivity index (χ4n) is 0.143. The predicted molar refractivity (Wildman–Crippen MR) is 42.1 cm³/mol. The molecule has 0 spiro atoms. The van der Waals surface area contributed by atoms with E-state index in [1.54, 1.807) is 0 Å². The van der Waals surface area contributed by atoms with Crippen LogP contribution in [0.3, 0.4) is 0 Å². The summed E-state index contributed by atoms with van der Waals surface area (Å²) in [7, 11) is 0. The van der Waals surface area contributed by atoms with Crippen LogP contribution in [0.4, 0.5) is 26.3 Å². The first-order valence-electron chi connectivity index (χ1n) is 2.81. The Morgan fingerprint density at radius 1 is 0.643 bits per heavy atom. The first-order chi connectivity index (χ1) is 6.12. The van der Waals surface area contributed by atoms with Crippen molar-refractivity contribution in [3.05, 3.63) is 23.2 Å². The van der Waals surface area contributed by atoms with Crippen molar-refractivity contribution < 1.29 is 26.3 Å². The Morgan fingerprint density at radius 3 is 0.857 bits per heavy atom. The van der Waals surface area contributed by atoms with Crippen LogP contribution in [0.5, 0.6) is 0 Å². The summed E-state index contributed by atoms with van der Waals surface area (Å²) in [5.74, 6) is 0. The second-order valence-corrected chi connectivity index (χ2v) is 2.17. The van der Waals surface area contributed by atoms with Gasteiger partial charge in [0.05, 0.1) is 0 Å². The number of allylic oxidation sites excluding steroid dienone is 2. The van der Waals surface area contributed by atoms with Crippen molar-refractivity contribution >= 4 is 23.2 Å². The summed E-state index contributed by atoms with van der Waals surface area (Å²) < 4.78 is 65.3. The molecule has 0 aliphatic heterocycles. The highest BCUT2D eigenvalue weighted by molar-refractivity contribution is 6.25. The molecule has 0 radical (unpaired) electrons. The maximum absolute atomic E-state index is 10.9. The monoisotopic (exact) mass is 260 g/mol. The average molecular weight is 261 g/mol. The third-order valence-corrected chi connectivity index (χ3v) is 0.756. The van der Waals surface area contributed by atoms with E-state index < -0.39 is 12.4 Å². The van der Waals surface area contributed by atoms with E-state index in [1.165, 1.54) is 0 Å². The first kappa shape index (κ1) is 16.1. The van der Waals surface area contributed by atoms with Crippen molar-refractivity contribution in [1.82, 2.24) is 0 Å². The molecule has 0 fully saturated rings. The lowest BCUT2D eigenvalue weighted by Gasteiger charge is -1.92. The molecular formula is C6H4Cl2F6. The maximum Gasteiger partial charge on any atom is 0.410 e. The van der Waals surface area contributed by atoms with Gasteiger partial charge in [-0.1, -0.05) is 23.2 Å². The minimum absolute atomic E-state index is 0.0471. The largest absolute Gasteiger partial charge is 0.410 e. The molecule has 0 atom stereocenters. The minimum atomic E-state index is -4.26. The summed E-state index contributed by atoms with van der Waals surface area (Å²) in [4.78, 5) is 0. The predicted octanol–water partition coefficient (Wildman–Crippen LogP) is 4.60. The van der Waals surface area contributed by atoms with Gasteiger partial charge < -0.3 is 0 Å². The Labute approximate surface area is 85.8 Å². The van der Waals surface area contributed by atoms with Crippen LogP contribution < -0.4 is 0 Å². The van der Waals surface area contributed by atoms with Crippen LogP contribution >= 0.6 is 23.2 Å². The fourth-order valence-corrected chi connectivity index (χ4v) is 0.429. The van der Waals surface area contributed by atoms with Crippen molar-refractivity contribution in [3.63, 3.8) is 0 Å². The van der Waals surface area contributed by atoms with E-state index in [4.69, 9.17) is 0 Å². The summed E-state index contributed by atoms with van der Waals surface area (Å²) in [5, 5.41) is 0. The van der Waals surface area contributed by atoms with Crippen molar-refractivity contribution in [2.45, 2.75) is 12.4 Å². The minimum Gasteiger partial charge on any atom is -0.167 e. The van der Waals surface area contributed by atoms with Gasteiger partial charge >= 0.3 is 12.4 Å². The maximum atomic E-state index is 10.9. The van der Waals surface area contributed by atoms with E-state index in [2.05, 4.69) is 23.2 Å². The van der Waals surface area contributed by atoms with Crippen molar-refractivity contribution in [3.8, 4) is 0 Å². The van der Waals surface area contributed by atoms with Crippen LogP contribution in [0.15, 0.2) is 23.2 Å². The smallest absolute Gasteiger partial charge is 0.167 e. The van der Waals surface area contributed by atoms with E-state index in [9.17, 15) is 26.3 Å². The zero-order valence-corrected chi connectivity index (χ0v) is 7.84. The molecule has 0 saturated carbocycles. The van der Waals surface area contributed by atoms with Crippen LogP contribution in [-0.4, -0.2) is 12.4 Å². The summed E-state index contributed by atoms with van der Waals surface area (Å²) in [6, 6.07) is 0. The highest BCUT2D eigenvalue weighted by atomic mass is 35.5. The van der Waals surface area contributed by atoms with Gasteiger partial charge in [0, 0.05) is 23.2 Å². The van der Waals surface area contributed by atoms with Gasteiger partial charge in [0.1, 0.15) is 0 Å². The van der Waals surface area contributed by atoms with Crippen molar-refractivity contribution in [2.75, 3.05) is 0 Å². The molecule has 0 N–H and O–H groups in total. The van der Waals surface area contributed by atoms with Gasteiger partial charge in [0.25, 0.3) is 0 Å². The molecule has 0 aromatic rings. The van der Waals surface area contributed by atoms with Gasteiger partial charge in [-0.25, -0.2) is 0 Å². The van der Waals surface area contributed by atoms with Crippen LogP contribution in [0.2, 0.25) is 0 Å². The van der Waals surface area contributed by atoms with Crippen LogP contribution in [0, 0.1) is 0 Å². The second kappa shape index (κ2) is 7.00. The third-order valence-electron chi connectivity index (χ3n) is 0.504. The molecule has 0 heterocycles. The van der Waals surface area contributed by atoms with E-state index in [1.807, 2.05) is 0 Å². The van der Waals surface area contributed by atoms with Gasteiger partial charge in [-0.05, 0) is 0 Å². The highest BCUT2D eigenvalue weighted by Crippen LogP contribution is 2.16. The molecule has 0 aromatic carbocycles. The van der Waals surface area contributed by atoms with E-state index in [0.29, 0.717) is 11.1 Å². The van der Waals surface area contributed by atoms with E-state index in [0.717, 1.165) is 0 Å². The molecule has 8 heteroatoms. The quantitative estimate of drug-likeness (QED) is 0.559. The third kappa shape index (κ3) is 22.6. The Bertz CT molecular complexity index is 167. The van der Waals surface area contributed by atoms with Gasteiger partial charge in [-0.2, -0.15) is 26.3 Å². The second-order valence-electron chi connectivity index (χ2n) is 1.67. The Kier molecular flexibility index (Phi) is 8.04. The number of halogens is 8. The topological polar surface area (TPSA) is 0 Å². The average Bonchev–Trinajstić information content (AvgIpc) is 1.81. The van der Waals surface area contributed by atoms with Crippen LogP contribution in [0.25, 0.3) is 0 Å². The molecule has 0 nitrogen and oxygen atoms in total. The Morgan fingerprint density at radius 2 is 0.857 bits per heavy atom. The molecule has 0 bridgehead atoms. The molecule has 0 saturated heterocycles. The molecule has 84 valence electrons. The summed E-state index contributed by atoms with van der Waals surface area (Å²) in [6.45, 7) is 0. The highest BCUT2D eigenvalue weighted by Gasteiger charge is 2.21. The molecule has 0 unspecified atom stereocenters. The molecular weight excluding hydrogens is 257 g/mol. The SMILES string of the molecule is FC(F)(F)/C=C/Cl.FC(F)(F)C=CCl. The van der Waals surface area contributed by atoms with Gasteiger partial charge in [0.15, 0.2) is 0 Å². The molecule has 0 aliphatic carbocycles.